The van der Waals surface area contributed by atoms with Crippen LogP contribution >= 0.6 is 0 Å². The van der Waals surface area contributed by atoms with Crippen LogP contribution in [-0.4, -0.2) is 24.0 Å². The van der Waals surface area contributed by atoms with Crippen LogP contribution in [0.1, 0.15) is 31.7 Å². The van der Waals surface area contributed by atoms with Gasteiger partial charge in [-0.1, -0.05) is 18.2 Å². The van der Waals surface area contributed by atoms with Crippen LogP contribution in [-0.2, 0) is 5.54 Å². The van der Waals surface area contributed by atoms with Gasteiger partial charge in [0, 0.05) is 6.04 Å². The minimum atomic E-state index is -0.500. The summed E-state index contributed by atoms with van der Waals surface area (Å²) in [5.74, 6) is -0.224. The molecule has 3 heteroatoms. The van der Waals surface area contributed by atoms with E-state index in [1.54, 1.807) is 12.1 Å². The molecule has 1 aromatic rings. The van der Waals surface area contributed by atoms with Crippen molar-refractivity contribution >= 4 is 0 Å². The maximum Gasteiger partial charge on any atom is 0.123 e. The Morgan fingerprint density at radius 3 is 2.47 bits per heavy atom. The number of nitrogens with two attached hydrogens (primary N) is 1. The summed E-state index contributed by atoms with van der Waals surface area (Å²) < 4.78 is 13.1. The second-order valence-electron chi connectivity index (χ2n) is 5.46. The van der Waals surface area contributed by atoms with E-state index in [2.05, 4.69) is 18.4 Å². The standard InChI is InChI=1S/C16H23FN2/c1-3-10-16(18,13(2)19-11-4-5-12-19)14-6-8-15(17)9-7-14/h3,6-9,13H,1,4-5,10-12,18H2,2H3. The molecule has 0 bridgehead atoms. The van der Waals surface area contributed by atoms with E-state index in [9.17, 15) is 4.39 Å². The molecule has 1 aromatic carbocycles. The van der Waals surface area contributed by atoms with Gasteiger partial charge in [0.2, 0.25) is 0 Å². The van der Waals surface area contributed by atoms with Crippen LogP contribution in [0.5, 0.6) is 0 Å². The van der Waals surface area contributed by atoms with Gasteiger partial charge in [-0.05, 0) is 57.0 Å². The van der Waals surface area contributed by atoms with E-state index in [0.29, 0.717) is 6.42 Å². The van der Waals surface area contributed by atoms with E-state index >= 15 is 0 Å². The molecule has 0 amide bonds. The van der Waals surface area contributed by atoms with E-state index in [1.807, 2.05) is 6.08 Å². The van der Waals surface area contributed by atoms with Gasteiger partial charge in [0.1, 0.15) is 5.82 Å². The van der Waals surface area contributed by atoms with Crippen molar-refractivity contribution in [2.75, 3.05) is 13.1 Å². The molecule has 2 rings (SSSR count). The Morgan fingerprint density at radius 2 is 1.95 bits per heavy atom. The van der Waals surface area contributed by atoms with Crippen LogP contribution in [0.2, 0.25) is 0 Å². The SMILES string of the molecule is C=CCC(N)(c1ccc(F)cc1)C(C)N1CCCC1. The number of likely N-dealkylation sites (tertiary alicyclic amines) is 1. The van der Waals surface area contributed by atoms with Crippen molar-refractivity contribution in [3.05, 3.63) is 48.3 Å². The normalized spacial score (nSPS) is 21.0. The third-order valence-electron chi connectivity index (χ3n) is 4.30. The zero-order chi connectivity index (χ0) is 13.9. The van der Waals surface area contributed by atoms with Crippen molar-refractivity contribution in [2.24, 2.45) is 5.73 Å². The van der Waals surface area contributed by atoms with Crippen molar-refractivity contribution in [2.45, 2.75) is 37.8 Å². The van der Waals surface area contributed by atoms with Crippen molar-refractivity contribution in [3.63, 3.8) is 0 Å². The van der Waals surface area contributed by atoms with Gasteiger partial charge in [0.25, 0.3) is 0 Å². The Labute approximate surface area is 115 Å². The van der Waals surface area contributed by atoms with Gasteiger partial charge in [-0.25, -0.2) is 4.39 Å². The topological polar surface area (TPSA) is 29.3 Å². The summed E-state index contributed by atoms with van der Waals surface area (Å²) in [5.41, 5.74) is 7.15. The molecule has 0 aliphatic carbocycles. The van der Waals surface area contributed by atoms with E-state index in [4.69, 9.17) is 5.73 Å². The number of benzene rings is 1. The molecule has 104 valence electrons. The quantitative estimate of drug-likeness (QED) is 0.826. The van der Waals surface area contributed by atoms with Gasteiger partial charge >= 0.3 is 0 Å². The first-order chi connectivity index (χ1) is 9.08. The van der Waals surface area contributed by atoms with E-state index < -0.39 is 5.54 Å². The van der Waals surface area contributed by atoms with Gasteiger partial charge in [-0.15, -0.1) is 6.58 Å². The number of halogens is 1. The van der Waals surface area contributed by atoms with E-state index in [0.717, 1.165) is 18.7 Å². The number of hydrogen-bond donors (Lipinski definition) is 1. The molecular weight excluding hydrogens is 239 g/mol. The van der Waals surface area contributed by atoms with Crippen LogP contribution in [0.15, 0.2) is 36.9 Å². The summed E-state index contributed by atoms with van der Waals surface area (Å²) in [6.07, 6.45) is 5.02. The Morgan fingerprint density at radius 1 is 1.37 bits per heavy atom. The second kappa shape index (κ2) is 5.85. The average Bonchev–Trinajstić information content (AvgIpc) is 2.92. The zero-order valence-corrected chi connectivity index (χ0v) is 11.6. The van der Waals surface area contributed by atoms with Gasteiger partial charge in [-0.3, -0.25) is 4.90 Å². The summed E-state index contributed by atoms with van der Waals surface area (Å²) in [5, 5.41) is 0. The molecule has 1 aliphatic rings. The minimum Gasteiger partial charge on any atom is -0.320 e. The summed E-state index contributed by atoms with van der Waals surface area (Å²) in [7, 11) is 0. The highest BCUT2D eigenvalue weighted by Gasteiger charge is 2.37. The highest BCUT2D eigenvalue weighted by atomic mass is 19.1. The predicted octanol–water partition coefficient (Wildman–Crippen LogP) is 3.04. The lowest BCUT2D eigenvalue weighted by atomic mass is 9.81. The molecule has 0 spiro atoms. The molecule has 0 saturated carbocycles. The highest BCUT2D eigenvalue weighted by molar-refractivity contribution is 5.28. The summed E-state index contributed by atoms with van der Waals surface area (Å²) in [4.78, 5) is 2.42. The van der Waals surface area contributed by atoms with Gasteiger partial charge < -0.3 is 5.73 Å². The van der Waals surface area contributed by atoms with E-state index in [-0.39, 0.29) is 11.9 Å². The monoisotopic (exact) mass is 262 g/mol. The molecule has 2 nitrogen and oxygen atoms in total. The van der Waals surface area contributed by atoms with Gasteiger partial charge in [0.05, 0.1) is 5.54 Å². The second-order valence-corrected chi connectivity index (χ2v) is 5.46. The maximum absolute atomic E-state index is 13.1. The van der Waals surface area contributed by atoms with Crippen molar-refractivity contribution < 1.29 is 4.39 Å². The first-order valence-electron chi connectivity index (χ1n) is 6.98. The van der Waals surface area contributed by atoms with E-state index in [1.165, 1.54) is 25.0 Å². The Hall–Kier alpha value is -1.19. The fourth-order valence-corrected chi connectivity index (χ4v) is 2.98. The molecule has 0 radical (unpaired) electrons. The summed E-state index contributed by atoms with van der Waals surface area (Å²) in [6, 6.07) is 6.78. The highest BCUT2D eigenvalue weighted by Crippen LogP contribution is 2.31. The fourth-order valence-electron chi connectivity index (χ4n) is 2.98. The van der Waals surface area contributed by atoms with Gasteiger partial charge in [0.15, 0.2) is 0 Å². The lowest BCUT2D eigenvalue weighted by Crippen LogP contribution is -2.53. The number of rotatable bonds is 5. The Balaban J connectivity index is 2.29. The average molecular weight is 262 g/mol. The third kappa shape index (κ3) is 2.88. The molecule has 1 fully saturated rings. The van der Waals surface area contributed by atoms with Gasteiger partial charge in [-0.2, -0.15) is 0 Å². The molecule has 1 heterocycles. The summed E-state index contributed by atoms with van der Waals surface area (Å²) >= 11 is 0. The molecular formula is C16H23FN2. The van der Waals surface area contributed by atoms with Crippen LogP contribution < -0.4 is 5.73 Å². The van der Waals surface area contributed by atoms with Crippen molar-refractivity contribution in [1.82, 2.24) is 4.90 Å². The Bertz CT molecular complexity index is 423. The summed E-state index contributed by atoms with van der Waals surface area (Å²) in [6.45, 7) is 8.18. The molecule has 2 N–H and O–H groups in total. The predicted molar refractivity (Wildman–Crippen MR) is 77.3 cm³/mol. The number of hydrogen-bond acceptors (Lipinski definition) is 2. The first kappa shape index (κ1) is 14.2. The lowest BCUT2D eigenvalue weighted by molar-refractivity contribution is 0.161. The maximum atomic E-state index is 13.1. The number of nitrogens with zero attached hydrogens (tertiary/aromatic N) is 1. The van der Waals surface area contributed by atoms with Crippen molar-refractivity contribution in [3.8, 4) is 0 Å². The molecule has 0 aromatic heterocycles. The van der Waals surface area contributed by atoms with Crippen LogP contribution in [0.25, 0.3) is 0 Å². The largest absolute Gasteiger partial charge is 0.320 e. The minimum absolute atomic E-state index is 0.221. The molecule has 1 saturated heterocycles. The van der Waals surface area contributed by atoms with Crippen LogP contribution in [0.3, 0.4) is 0 Å². The zero-order valence-electron chi connectivity index (χ0n) is 11.6. The molecule has 1 aliphatic heterocycles. The third-order valence-corrected chi connectivity index (χ3v) is 4.30. The van der Waals surface area contributed by atoms with Crippen LogP contribution in [0, 0.1) is 5.82 Å². The Kier molecular flexibility index (Phi) is 4.38. The molecule has 19 heavy (non-hydrogen) atoms. The van der Waals surface area contributed by atoms with Crippen LogP contribution in [0.4, 0.5) is 4.39 Å². The van der Waals surface area contributed by atoms with Crippen molar-refractivity contribution in [1.29, 1.82) is 0 Å². The first-order valence-corrected chi connectivity index (χ1v) is 6.98. The fraction of sp³-hybridized carbons (Fsp3) is 0.500. The lowest BCUT2D eigenvalue weighted by Gasteiger charge is -2.40. The smallest absolute Gasteiger partial charge is 0.123 e. The molecule has 2 atom stereocenters. The molecule has 2 unspecified atom stereocenters.